The lowest BCUT2D eigenvalue weighted by Crippen LogP contribution is -2.06. The van der Waals surface area contributed by atoms with Crippen molar-refractivity contribution in [3.8, 4) is 6.07 Å². The molecule has 2 rings (SSSR count). The van der Waals surface area contributed by atoms with Crippen LogP contribution in [0.2, 0.25) is 0 Å². The third-order valence-corrected chi connectivity index (χ3v) is 2.60. The third-order valence-electron chi connectivity index (χ3n) is 2.60. The highest BCUT2D eigenvalue weighted by atomic mass is 16.3. The Balaban J connectivity index is 2.05. The van der Waals surface area contributed by atoms with Gasteiger partial charge in [-0.1, -0.05) is 12.1 Å². The summed E-state index contributed by atoms with van der Waals surface area (Å²) in [5.41, 5.74) is 1.12. The van der Waals surface area contributed by atoms with Crippen LogP contribution in [-0.4, -0.2) is 10.9 Å². The van der Waals surface area contributed by atoms with E-state index in [-0.39, 0.29) is 18.0 Å². The monoisotopic (exact) mass is 241 g/mol. The number of nitrogens with zero attached hydrogens (tertiary/aromatic N) is 1. The molecule has 1 N–H and O–H groups in total. The Labute approximate surface area is 104 Å². The second kappa shape index (κ2) is 5.30. The maximum absolute atomic E-state index is 11.7. The molecule has 1 unspecified atom stereocenters. The van der Waals surface area contributed by atoms with Crippen LogP contribution in [0, 0.1) is 11.3 Å². The van der Waals surface area contributed by atoms with Crippen LogP contribution in [0.15, 0.2) is 47.1 Å². The minimum Gasteiger partial charge on any atom is -0.461 e. The van der Waals surface area contributed by atoms with Gasteiger partial charge in [-0.3, -0.25) is 4.79 Å². The molecule has 0 amide bonds. The molecule has 4 nitrogen and oxygen atoms in total. The lowest BCUT2D eigenvalue weighted by Gasteiger charge is -2.09. The molecule has 0 spiro atoms. The van der Waals surface area contributed by atoms with Gasteiger partial charge >= 0.3 is 0 Å². The highest BCUT2D eigenvalue weighted by Gasteiger charge is 2.16. The summed E-state index contributed by atoms with van der Waals surface area (Å²) in [6.07, 6.45) is 0.483. The summed E-state index contributed by atoms with van der Waals surface area (Å²) in [4.78, 5) is 11.7. The predicted molar refractivity (Wildman–Crippen MR) is 63.8 cm³/mol. The molecule has 90 valence electrons. The zero-order chi connectivity index (χ0) is 13.0. The Morgan fingerprint density at radius 1 is 1.33 bits per heavy atom. The van der Waals surface area contributed by atoms with Crippen molar-refractivity contribution in [1.29, 1.82) is 5.26 Å². The van der Waals surface area contributed by atoms with Crippen LogP contribution in [0.3, 0.4) is 0 Å². The summed E-state index contributed by atoms with van der Waals surface area (Å²) in [5.74, 6) is -0.0143. The van der Waals surface area contributed by atoms with E-state index in [0.29, 0.717) is 11.1 Å². The lowest BCUT2D eigenvalue weighted by molar-refractivity contribution is 0.0853. The number of aliphatic hydroxyl groups excluding tert-OH is 1. The normalized spacial score (nSPS) is 11.8. The summed E-state index contributed by atoms with van der Waals surface area (Å²) in [5, 5.41) is 18.6. The second-order valence-corrected chi connectivity index (χ2v) is 3.85. The molecule has 0 saturated heterocycles. The molecule has 4 heteroatoms. The molecular formula is C14H11NO3. The highest BCUT2D eigenvalue weighted by molar-refractivity contribution is 5.93. The van der Waals surface area contributed by atoms with Gasteiger partial charge in [0.1, 0.15) is 0 Å². The Morgan fingerprint density at radius 2 is 2.06 bits per heavy atom. The molecule has 18 heavy (non-hydrogen) atoms. The van der Waals surface area contributed by atoms with Crippen LogP contribution in [0.25, 0.3) is 0 Å². The molecular weight excluding hydrogens is 230 g/mol. The van der Waals surface area contributed by atoms with E-state index >= 15 is 0 Å². The molecule has 0 aliphatic heterocycles. The van der Waals surface area contributed by atoms with E-state index < -0.39 is 6.10 Å². The fourth-order valence-corrected chi connectivity index (χ4v) is 1.61. The number of aliphatic hydroxyl groups is 1. The van der Waals surface area contributed by atoms with Crippen LogP contribution in [0.4, 0.5) is 0 Å². The van der Waals surface area contributed by atoms with Gasteiger partial charge in [0.05, 0.1) is 24.0 Å². The molecule has 0 aliphatic rings. The Kier molecular flexibility index (Phi) is 3.56. The maximum atomic E-state index is 11.7. The van der Waals surface area contributed by atoms with Gasteiger partial charge in [0, 0.05) is 6.42 Å². The van der Waals surface area contributed by atoms with Crippen LogP contribution >= 0.6 is 0 Å². The smallest absolute Gasteiger partial charge is 0.200 e. The predicted octanol–water partition coefficient (Wildman–Crippen LogP) is 2.46. The molecule has 1 aromatic heterocycles. The van der Waals surface area contributed by atoms with Crippen molar-refractivity contribution in [1.82, 2.24) is 0 Å². The highest BCUT2D eigenvalue weighted by Crippen LogP contribution is 2.19. The van der Waals surface area contributed by atoms with Gasteiger partial charge in [0.2, 0.25) is 5.78 Å². The molecule has 0 fully saturated rings. The molecule has 1 heterocycles. The van der Waals surface area contributed by atoms with Crippen LogP contribution in [0.1, 0.15) is 34.2 Å². The van der Waals surface area contributed by atoms with E-state index in [0.717, 1.165) is 0 Å². The summed E-state index contributed by atoms with van der Waals surface area (Å²) < 4.78 is 4.96. The number of carbonyl (C=O) groups is 1. The van der Waals surface area contributed by atoms with Crippen LogP contribution in [-0.2, 0) is 0 Å². The number of hydrogen-bond donors (Lipinski definition) is 1. The Morgan fingerprint density at radius 3 is 2.61 bits per heavy atom. The zero-order valence-corrected chi connectivity index (χ0v) is 9.54. The molecule has 0 aliphatic carbocycles. The topological polar surface area (TPSA) is 74.2 Å². The van der Waals surface area contributed by atoms with Crippen molar-refractivity contribution in [3.63, 3.8) is 0 Å². The van der Waals surface area contributed by atoms with Gasteiger partial charge in [0.25, 0.3) is 0 Å². The second-order valence-electron chi connectivity index (χ2n) is 3.85. The van der Waals surface area contributed by atoms with Gasteiger partial charge in [-0.15, -0.1) is 0 Å². The van der Waals surface area contributed by atoms with Crippen molar-refractivity contribution in [2.24, 2.45) is 0 Å². The van der Waals surface area contributed by atoms with E-state index in [2.05, 4.69) is 0 Å². The standard InChI is InChI=1S/C14H11NO3/c15-9-10-3-5-11(6-4-10)12(16)8-13(17)14-2-1-7-18-14/h1-7,12,16H,8H2. The molecule has 1 aromatic carbocycles. The first kappa shape index (κ1) is 12.1. The number of nitriles is 1. The number of Topliss-reactive ketones (excluding diaryl/α,β-unsaturated/α-hetero) is 1. The number of hydrogen-bond acceptors (Lipinski definition) is 4. The molecule has 2 aromatic rings. The number of rotatable bonds is 4. The van der Waals surface area contributed by atoms with Crippen molar-refractivity contribution < 1.29 is 14.3 Å². The van der Waals surface area contributed by atoms with E-state index in [4.69, 9.17) is 9.68 Å². The largest absolute Gasteiger partial charge is 0.461 e. The van der Waals surface area contributed by atoms with E-state index in [1.54, 1.807) is 36.4 Å². The third kappa shape index (κ3) is 2.65. The first-order valence-corrected chi connectivity index (χ1v) is 5.45. The number of furan rings is 1. The summed E-state index contributed by atoms with van der Waals surface area (Å²) in [6.45, 7) is 0. The van der Waals surface area contributed by atoms with Gasteiger partial charge in [0.15, 0.2) is 5.76 Å². The molecule has 0 radical (unpaired) electrons. The fraction of sp³-hybridized carbons (Fsp3) is 0.143. The van der Waals surface area contributed by atoms with E-state index in [1.807, 2.05) is 6.07 Å². The van der Waals surface area contributed by atoms with Crippen LogP contribution < -0.4 is 0 Å². The van der Waals surface area contributed by atoms with Gasteiger partial charge in [-0.05, 0) is 29.8 Å². The quantitative estimate of drug-likeness (QED) is 0.834. The van der Waals surface area contributed by atoms with Crippen molar-refractivity contribution in [2.75, 3.05) is 0 Å². The maximum Gasteiger partial charge on any atom is 0.200 e. The van der Waals surface area contributed by atoms with E-state index in [9.17, 15) is 9.90 Å². The number of carbonyl (C=O) groups excluding carboxylic acids is 1. The summed E-state index contributed by atoms with van der Waals surface area (Å²) >= 11 is 0. The zero-order valence-electron chi connectivity index (χ0n) is 9.54. The number of ketones is 1. The molecule has 0 saturated carbocycles. The van der Waals surface area contributed by atoms with E-state index in [1.165, 1.54) is 6.26 Å². The molecule has 1 atom stereocenters. The average Bonchev–Trinajstić information content (AvgIpc) is 2.92. The minimum atomic E-state index is -0.893. The Hall–Kier alpha value is -2.38. The van der Waals surface area contributed by atoms with Gasteiger partial charge in [-0.25, -0.2) is 0 Å². The van der Waals surface area contributed by atoms with Crippen molar-refractivity contribution in [2.45, 2.75) is 12.5 Å². The van der Waals surface area contributed by atoms with Gasteiger partial charge in [-0.2, -0.15) is 5.26 Å². The first-order chi connectivity index (χ1) is 8.70. The van der Waals surface area contributed by atoms with Crippen molar-refractivity contribution in [3.05, 3.63) is 59.5 Å². The van der Waals surface area contributed by atoms with Gasteiger partial charge < -0.3 is 9.52 Å². The SMILES string of the molecule is N#Cc1ccc(C(O)CC(=O)c2ccco2)cc1. The average molecular weight is 241 g/mol. The first-order valence-electron chi connectivity index (χ1n) is 5.45. The fourth-order valence-electron chi connectivity index (χ4n) is 1.61. The van der Waals surface area contributed by atoms with Crippen LogP contribution in [0.5, 0.6) is 0 Å². The number of benzene rings is 1. The molecule has 0 bridgehead atoms. The lowest BCUT2D eigenvalue weighted by atomic mass is 10.0. The summed E-state index contributed by atoms with van der Waals surface area (Å²) in [7, 11) is 0. The Bertz CT molecular complexity index is 564. The van der Waals surface area contributed by atoms with Crippen molar-refractivity contribution >= 4 is 5.78 Å². The minimum absolute atomic E-state index is 0.0422. The summed E-state index contributed by atoms with van der Waals surface area (Å²) in [6, 6.07) is 11.7.